The number of carbonyl (C=O) groups is 2. The van der Waals surface area contributed by atoms with E-state index in [1.165, 1.54) is 57.8 Å². The van der Waals surface area contributed by atoms with Gasteiger partial charge in [-0.1, -0.05) is 255 Å². The summed E-state index contributed by atoms with van der Waals surface area (Å²) in [4.78, 5) is 35.3. The first-order valence-electron chi connectivity index (χ1n) is 31.0. The van der Waals surface area contributed by atoms with Crippen LogP contribution in [0.1, 0.15) is 232 Å². The van der Waals surface area contributed by atoms with Crippen molar-refractivity contribution in [3.63, 3.8) is 0 Å². The molecule has 0 aromatic carbocycles. The first kappa shape index (κ1) is 74.6. The molecule has 0 heterocycles. The Morgan fingerprint density at radius 3 is 0.975 bits per heavy atom. The third-order valence-electron chi connectivity index (χ3n) is 12.4. The largest absolute Gasteiger partial charge is 0.472 e. The summed E-state index contributed by atoms with van der Waals surface area (Å²) in [5.74, 6) is -0.855. The maximum atomic E-state index is 12.7. The predicted molar refractivity (Wildman–Crippen MR) is 339 cm³/mol. The van der Waals surface area contributed by atoms with Crippen molar-refractivity contribution in [1.29, 1.82) is 0 Å². The Balaban J connectivity index is 4.03. The van der Waals surface area contributed by atoms with Crippen molar-refractivity contribution in [1.82, 2.24) is 0 Å². The summed E-state index contributed by atoms with van der Waals surface area (Å²) < 4.78 is 33.1. The number of esters is 2. The van der Waals surface area contributed by atoms with Gasteiger partial charge in [-0.15, -0.1) is 0 Å². The Labute approximate surface area is 483 Å². The number of unbranched alkanes of at least 4 members (excludes halogenated alkanes) is 17. The van der Waals surface area contributed by atoms with Gasteiger partial charge >= 0.3 is 19.8 Å². The van der Waals surface area contributed by atoms with Gasteiger partial charge < -0.3 is 20.1 Å². The second-order valence-corrected chi connectivity index (χ2v) is 21.3. The molecule has 79 heavy (non-hydrogen) atoms. The molecule has 0 aliphatic carbocycles. The lowest BCUT2D eigenvalue weighted by Crippen LogP contribution is -2.29. The molecule has 0 radical (unpaired) electrons. The highest BCUT2D eigenvalue weighted by Crippen LogP contribution is 2.43. The van der Waals surface area contributed by atoms with Crippen LogP contribution in [0.3, 0.4) is 0 Å². The van der Waals surface area contributed by atoms with E-state index in [-0.39, 0.29) is 32.6 Å². The molecule has 0 saturated heterocycles. The van der Waals surface area contributed by atoms with E-state index in [1.54, 1.807) is 0 Å². The predicted octanol–water partition coefficient (Wildman–Crippen LogP) is 20.1. The zero-order valence-corrected chi connectivity index (χ0v) is 50.7. The number of hydrogen-bond donors (Lipinski definition) is 2. The number of allylic oxidation sites excluding steroid dienone is 26. The first-order chi connectivity index (χ1) is 38.8. The van der Waals surface area contributed by atoms with Crippen LogP contribution < -0.4 is 5.73 Å². The third-order valence-corrected chi connectivity index (χ3v) is 13.4. The van der Waals surface area contributed by atoms with Crippen molar-refractivity contribution >= 4 is 19.8 Å². The average molecular weight is 1110 g/mol. The molecule has 0 spiro atoms. The van der Waals surface area contributed by atoms with E-state index < -0.39 is 32.5 Å². The Morgan fingerprint density at radius 2 is 0.658 bits per heavy atom. The highest BCUT2D eigenvalue weighted by molar-refractivity contribution is 7.47. The lowest BCUT2D eigenvalue weighted by Gasteiger charge is -2.19. The summed E-state index contributed by atoms with van der Waals surface area (Å²) in [5, 5.41) is 0. The van der Waals surface area contributed by atoms with E-state index in [0.717, 1.165) is 135 Å². The van der Waals surface area contributed by atoms with E-state index in [9.17, 15) is 19.0 Å². The number of phosphoric acid groups is 1. The van der Waals surface area contributed by atoms with Crippen molar-refractivity contribution in [3.8, 4) is 0 Å². The summed E-state index contributed by atoms with van der Waals surface area (Å²) in [6, 6.07) is 0. The minimum absolute atomic E-state index is 0.0426. The van der Waals surface area contributed by atoms with Crippen LogP contribution in [0.2, 0.25) is 0 Å². The Kier molecular flexibility index (Phi) is 59.3. The Bertz CT molecular complexity index is 1850. The van der Waals surface area contributed by atoms with Gasteiger partial charge in [-0.25, -0.2) is 4.57 Å². The maximum absolute atomic E-state index is 12.7. The van der Waals surface area contributed by atoms with Gasteiger partial charge in [0.05, 0.1) is 13.2 Å². The quantitative estimate of drug-likeness (QED) is 0.0264. The molecule has 2 atom stereocenters. The topological polar surface area (TPSA) is 134 Å². The fourth-order valence-electron chi connectivity index (χ4n) is 7.91. The molecular weight excluding hydrogens is 1000 g/mol. The van der Waals surface area contributed by atoms with E-state index in [1.807, 2.05) is 0 Å². The lowest BCUT2D eigenvalue weighted by atomic mass is 10.0. The highest BCUT2D eigenvalue weighted by atomic mass is 31.2. The van der Waals surface area contributed by atoms with E-state index in [2.05, 4.69) is 172 Å². The number of phosphoric ester groups is 1. The van der Waals surface area contributed by atoms with Crippen LogP contribution in [-0.2, 0) is 32.7 Å². The number of ether oxygens (including phenoxy) is 2. The highest BCUT2D eigenvalue weighted by Gasteiger charge is 2.26. The van der Waals surface area contributed by atoms with Gasteiger partial charge in [-0.05, 0) is 122 Å². The van der Waals surface area contributed by atoms with Gasteiger partial charge in [0.25, 0.3) is 0 Å². The summed E-state index contributed by atoms with van der Waals surface area (Å²) in [7, 11) is -4.41. The number of rotatable bonds is 56. The fourth-order valence-corrected chi connectivity index (χ4v) is 8.68. The summed E-state index contributed by atoms with van der Waals surface area (Å²) in [5.41, 5.74) is 5.39. The zero-order chi connectivity index (χ0) is 57.3. The summed E-state index contributed by atoms with van der Waals surface area (Å²) >= 11 is 0. The molecule has 0 amide bonds. The molecule has 2 unspecified atom stereocenters. The summed E-state index contributed by atoms with van der Waals surface area (Å²) in [6.07, 6.45) is 91.5. The van der Waals surface area contributed by atoms with Gasteiger partial charge in [0.15, 0.2) is 6.10 Å². The van der Waals surface area contributed by atoms with Crippen LogP contribution in [0.5, 0.6) is 0 Å². The van der Waals surface area contributed by atoms with Crippen LogP contribution in [0.25, 0.3) is 0 Å². The molecule has 0 aliphatic rings. The molecule has 9 nitrogen and oxygen atoms in total. The van der Waals surface area contributed by atoms with Crippen molar-refractivity contribution in [2.45, 2.75) is 238 Å². The molecular formula is C69H112NO8P. The molecule has 3 N–H and O–H groups in total. The SMILES string of the molecule is CC/C=C\C/C=C\C/C=C\C/C=C\C/C=C\C/C=C\C/C=C\C/C=C\CCCCCCCCCCCCC(=O)OC(COC(=O)CCCCCCCCC/C=C\C/C=C\C/C=C\C/C=C\C/C=C\CC)COP(=O)(O)OCCN. The minimum Gasteiger partial charge on any atom is -0.462 e. The molecule has 0 bridgehead atoms. The van der Waals surface area contributed by atoms with Gasteiger partial charge in [-0.3, -0.25) is 18.6 Å². The molecule has 0 aromatic rings. The van der Waals surface area contributed by atoms with Crippen molar-refractivity contribution in [3.05, 3.63) is 158 Å². The maximum Gasteiger partial charge on any atom is 0.472 e. The molecule has 446 valence electrons. The number of carbonyl (C=O) groups excluding carboxylic acids is 2. The standard InChI is InChI=1S/C69H112NO8P/c1-3-5-7-9-11-13-15-17-19-21-23-25-27-28-29-30-31-32-33-34-35-36-37-38-40-42-44-46-48-50-52-54-56-58-60-62-69(72)78-67(66-77-79(73,74)76-64-63-70)65-75-68(71)61-59-57-55-53-51-49-47-45-43-41-39-26-24-22-20-18-16-14-12-10-8-6-4-2/h5-8,11-14,17-20,23-26,28-29,31-32,34-35,37-38,41,43,67H,3-4,9-10,15-16,21-22,27,30,33,36,39-40,42,44-66,70H2,1-2H3,(H,73,74)/b7-5-,8-6-,13-11-,14-12-,19-17-,20-18-,25-23-,26-24-,29-28-,32-31-,35-34-,38-37-,43-41-. The van der Waals surface area contributed by atoms with Crippen LogP contribution in [0.4, 0.5) is 0 Å². The minimum atomic E-state index is -4.41. The smallest absolute Gasteiger partial charge is 0.462 e. The fraction of sp³-hybridized carbons (Fsp3) is 0.594. The van der Waals surface area contributed by atoms with E-state index in [4.69, 9.17) is 24.3 Å². The first-order valence-corrected chi connectivity index (χ1v) is 32.5. The molecule has 0 saturated carbocycles. The Morgan fingerprint density at radius 1 is 0.380 bits per heavy atom. The van der Waals surface area contributed by atoms with Crippen LogP contribution >= 0.6 is 7.82 Å². The molecule has 0 aromatic heterocycles. The van der Waals surface area contributed by atoms with Crippen molar-refractivity contribution in [2.24, 2.45) is 5.73 Å². The van der Waals surface area contributed by atoms with Crippen LogP contribution in [0, 0.1) is 0 Å². The van der Waals surface area contributed by atoms with Gasteiger partial charge in [0.2, 0.25) is 0 Å². The average Bonchev–Trinajstić information content (AvgIpc) is 3.44. The van der Waals surface area contributed by atoms with Gasteiger partial charge in [-0.2, -0.15) is 0 Å². The van der Waals surface area contributed by atoms with Crippen molar-refractivity contribution < 1.29 is 37.6 Å². The van der Waals surface area contributed by atoms with Crippen molar-refractivity contribution in [2.75, 3.05) is 26.4 Å². The monoisotopic (exact) mass is 1110 g/mol. The second-order valence-electron chi connectivity index (χ2n) is 19.8. The third kappa shape index (κ3) is 62.7. The number of hydrogen-bond acceptors (Lipinski definition) is 8. The van der Waals surface area contributed by atoms with E-state index >= 15 is 0 Å². The molecule has 10 heteroatoms. The molecule has 0 aliphatic heterocycles. The molecule has 0 rings (SSSR count). The Hall–Kier alpha value is -4.37. The van der Waals surface area contributed by atoms with Gasteiger partial charge in [0, 0.05) is 19.4 Å². The van der Waals surface area contributed by atoms with Crippen LogP contribution in [-0.4, -0.2) is 49.3 Å². The second kappa shape index (κ2) is 62.8. The van der Waals surface area contributed by atoms with E-state index in [0.29, 0.717) is 12.8 Å². The lowest BCUT2D eigenvalue weighted by molar-refractivity contribution is -0.161. The normalized spacial score (nSPS) is 14.1. The van der Waals surface area contributed by atoms with Crippen LogP contribution in [0.15, 0.2) is 158 Å². The summed E-state index contributed by atoms with van der Waals surface area (Å²) in [6.45, 7) is 3.48. The van der Waals surface area contributed by atoms with Gasteiger partial charge in [0.1, 0.15) is 6.61 Å². The molecule has 0 fully saturated rings. The zero-order valence-electron chi connectivity index (χ0n) is 49.8. The number of nitrogens with two attached hydrogens (primary N) is 1.